The largest absolute Gasteiger partial charge is 0.490 e. The smallest absolute Gasteiger partial charge is 0.301 e. The zero-order valence-corrected chi connectivity index (χ0v) is 19.0. The van der Waals surface area contributed by atoms with E-state index in [-0.39, 0.29) is 11.4 Å². The first-order valence-corrected chi connectivity index (χ1v) is 10.5. The van der Waals surface area contributed by atoms with Crippen LogP contribution in [-0.4, -0.2) is 22.7 Å². The third kappa shape index (κ3) is 6.50. The molecular formula is C22H19BrN4O6. The number of nitrogens with zero attached hydrogens (tertiary/aromatic N) is 3. The molecular weight excluding hydrogens is 496 g/mol. The Hall–Kier alpha value is -3.99. The molecule has 33 heavy (non-hydrogen) atoms. The minimum Gasteiger partial charge on any atom is -0.490 e. The van der Waals surface area contributed by atoms with Gasteiger partial charge in [0.25, 0.3) is 5.69 Å². The fourth-order valence-electron chi connectivity index (χ4n) is 2.79. The Morgan fingerprint density at radius 1 is 0.970 bits per heavy atom. The molecule has 0 aliphatic carbocycles. The van der Waals surface area contributed by atoms with Gasteiger partial charge in [-0.1, -0.05) is 28.1 Å². The third-order valence-corrected chi connectivity index (χ3v) is 4.89. The first kappa shape index (κ1) is 23.7. The third-order valence-electron chi connectivity index (χ3n) is 4.36. The van der Waals surface area contributed by atoms with Crippen LogP contribution in [0.3, 0.4) is 0 Å². The van der Waals surface area contributed by atoms with Crippen LogP contribution in [0.2, 0.25) is 0 Å². The minimum absolute atomic E-state index is 0.0290. The standard InChI is InChI=1S/C22H19BrN4O6/c1-2-32-22-11-16(5-10-21(22)33-14-15-3-6-17(23)7-4-15)13-24-25-19-9-8-18(26(28)29)12-20(19)27(30)31/h3-13,25H,2,14H2,1H3/b24-13-. The van der Waals surface area contributed by atoms with E-state index in [1.807, 2.05) is 31.2 Å². The van der Waals surface area contributed by atoms with Gasteiger partial charge < -0.3 is 9.47 Å². The van der Waals surface area contributed by atoms with Crippen molar-refractivity contribution in [3.63, 3.8) is 0 Å². The molecule has 0 aliphatic rings. The van der Waals surface area contributed by atoms with Gasteiger partial charge >= 0.3 is 5.69 Å². The number of anilines is 1. The molecule has 3 aromatic carbocycles. The summed E-state index contributed by atoms with van der Waals surface area (Å²) in [6.45, 7) is 2.66. The number of nitrogens with one attached hydrogen (secondary N) is 1. The van der Waals surface area contributed by atoms with Crippen molar-refractivity contribution >= 4 is 39.2 Å². The molecule has 0 saturated heterocycles. The van der Waals surface area contributed by atoms with E-state index in [2.05, 4.69) is 26.5 Å². The van der Waals surface area contributed by atoms with Crippen LogP contribution in [0.25, 0.3) is 0 Å². The molecule has 0 saturated carbocycles. The minimum atomic E-state index is -0.713. The second kappa shape index (κ2) is 11.0. The molecule has 3 aromatic rings. The number of hydrogen-bond acceptors (Lipinski definition) is 8. The van der Waals surface area contributed by atoms with Crippen molar-refractivity contribution in [2.24, 2.45) is 5.10 Å². The van der Waals surface area contributed by atoms with Crippen LogP contribution < -0.4 is 14.9 Å². The first-order valence-electron chi connectivity index (χ1n) is 9.73. The molecule has 0 aliphatic heterocycles. The van der Waals surface area contributed by atoms with Crippen molar-refractivity contribution in [1.82, 2.24) is 0 Å². The average molecular weight is 515 g/mol. The molecule has 1 N–H and O–H groups in total. The number of ether oxygens (including phenoxy) is 2. The SMILES string of the molecule is CCOc1cc(/C=N\Nc2ccc([N+](=O)[O-])cc2[N+](=O)[O-])ccc1OCc1ccc(Br)cc1. The van der Waals surface area contributed by atoms with Crippen LogP contribution in [0.1, 0.15) is 18.1 Å². The van der Waals surface area contributed by atoms with Gasteiger partial charge in [-0.15, -0.1) is 0 Å². The quantitative estimate of drug-likeness (QED) is 0.209. The van der Waals surface area contributed by atoms with Gasteiger partial charge in [0.2, 0.25) is 0 Å². The van der Waals surface area contributed by atoms with Crippen molar-refractivity contribution in [2.75, 3.05) is 12.0 Å². The van der Waals surface area contributed by atoms with Crippen molar-refractivity contribution in [3.8, 4) is 11.5 Å². The number of benzene rings is 3. The van der Waals surface area contributed by atoms with E-state index in [1.165, 1.54) is 12.3 Å². The summed E-state index contributed by atoms with van der Waals surface area (Å²) in [5.41, 5.74) is 3.41. The second-order valence-electron chi connectivity index (χ2n) is 6.64. The molecule has 11 heteroatoms. The Labute approximate surface area is 197 Å². The second-order valence-corrected chi connectivity index (χ2v) is 7.56. The molecule has 0 heterocycles. The van der Waals surface area contributed by atoms with E-state index >= 15 is 0 Å². The highest BCUT2D eigenvalue weighted by Crippen LogP contribution is 2.30. The molecule has 0 radical (unpaired) electrons. The van der Waals surface area contributed by atoms with Gasteiger partial charge in [0, 0.05) is 10.5 Å². The van der Waals surface area contributed by atoms with E-state index in [9.17, 15) is 20.2 Å². The van der Waals surface area contributed by atoms with Gasteiger partial charge in [-0.2, -0.15) is 5.10 Å². The number of non-ortho nitro benzene ring substituents is 1. The lowest BCUT2D eigenvalue weighted by atomic mass is 10.2. The molecule has 0 aromatic heterocycles. The molecule has 0 unspecified atom stereocenters. The monoisotopic (exact) mass is 514 g/mol. The fraction of sp³-hybridized carbons (Fsp3) is 0.136. The van der Waals surface area contributed by atoms with Crippen LogP contribution in [0.4, 0.5) is 17.1 Å². The topological polar surface area (TPSA) is 129 Å². The summed E-state index contributed by atoms with van der Waals surface area (Å²) in [7, 11) is 0. The van der Waals surface area contributed by atoms with Crippen LogP contribution in [0, 0.1) is 20.2 Å². The van der Waals surface area contributed by atoms with Crippen molar-refractivity contribution in [2.45, 2.75) is 13.5 Å². The summed E-state index contributed by atoms with van der Waals surface area (Å²) >= 11 is 3.40. The molecule has 0 atom stereocenters. The lowest BCUT2D eigenvalue weighted by molar-refractivity contribution is -0.393. The van der Waals surface area contributed by atoms with Crippen LogP contribution >= 0.6 is 15.9 Å². The Morgan fingerprint density at radius 2 is 1.73 bits per heavy atom. The van der Waals surface area contributed by atoms with Crippen LogP contribution in [-0.2, 0) is 6.61 Å². The predicted molar refractivity (Wildman–Crippen MR) is 127 cm³/mol. The maximum atomic E-state index is 11.2. The number of rotatable bonds is 10. The Bertz CT molecular complexity index is 1180. The van der Waals surface area contributed by atoms with Crippen LogP contribution in [0.5, 0.6) is 11.5 Å². The lowest BCUT2D eigenvalue weighted by Crippen LogP contribution is -2.01. The fourth-order valence-corrected chi connectivity index (χ4v) is 3.05. The molecule has 0 amide bonds. The van der Waals surface area contributed by atoms with Gasteiger partial charge in [0.15, 0.2) is 11.5 Å². The number of halogens is 1. The zero-order valence-electron chi connectivity index (χ0n) is 17.4. The maximum Gasteiger partial charge on any atom is 0.301 e. The van der Waals surface area contributed by atoms with Gasteiger partial charge in [-0.25, -0.2) is 0 Å². The van der Waals surface area contributed by atoms with E-state index in [0.717, 1.165) is 22.2 Å². The summed E-state index contributed by atoms with van der Waals surface area (Å²) in [6.07, 6.45) is 1.45. The summed E-state index contributed by atoms with van der Waals surface area (Å²) < 4.78 is 12.5. The van der Waals surface area contributed by atoms with Crippen molar-refractivity contribution in [1.29, 1.82) is 0 Å². The van der Waals surface area contributed by atoms with E-state index < -0.39 is 15.5 Å². The number of hydrogen-bond donors (Lipinski definition) is 1. The number of nitro benzene ring substituents is 2. The van der Waals surface area contributed by atoms with Gasteiger partial charge in [0.05, 0.1) is 28.7 Å². The van der Waals surface area contributed by atoms with Crippen molar-refractivity contribution < 1.29 is 19.3 Å². The molecule has 10 nitrogen and oxygen atoms in total. The summed E-state index contributed by atoms with van der Waals surface area (Å²) in [5.74, 6) is 1.09. The Kier molecular flexibility index (Phi) is 7.92. The first-order chi connectivity index (χ1) is 15.9. The normalized spacial score (nSPS) is 10.7. The summed E-state index contributed by atoms with van der Waals surface area (Å²) in [5, 5.41) is 26.1. The highest BCUT2D eigenvalue weighted by atomic mass is 79.9. The predicted octanol–water partition coefficient (Wildman–Crippen LogP) is 5.69. The van der Waals surface area contributed by atoms with E-state index in [1.54, 1.807) is 18.2 Å². The van der Waals surface area contributed by atoms with Gasteiger partial charge in [0.1, 0.15) is 12.3 Å². The highest BCUT2D eigenvalue weighted by Gasteiger charge is 2.19. The lowest BCUT2D eigenvalue weighted by Gasteiger charge is -2.12. The highest BCUT2D eigenvalue weighted by molar-refractivity contribution is 9.10. The van der Waals surface area contributed by atoms with Gasteiger partial charge in [-0.3, -0.25) is 25.7 Å². The molecule has 3 rings (SSSR count). The summed E-state index contributed by atoms with van der Waals surface area (Å²) in [4.78, 5) is 20.7. The zero-order chi connectivity index (χ0) is 23.8. The van der Waals surface area contributed by atoms with Crippen molar-refractivity contribution in [3.05, 3.63) is 96.5 Å². The Morgan fingerprint density at radius 3 is 2.39 bits per heavy atom. The van der Waals surface area contributed by atoms with Gasteiger partial charge in [-0.05, 0) is 54.4 Å². The number of hydrazone groups is 1. The van der Waals surface area contributed by atoms with E-state index in [4.69, 9.17) is 9.47 Å². The molecule has 170 valence electrons. The maximum absolute atomic E-state index is 11.2. The average Bonchev–Trinajstić information content (AvgIpc) is 2.79. The molecule has 0 spiro atoms. The van der Waals surface area contributed by atoms with E-state index in [0.29, 0.717) is 30.3 Å². The molecule has 0 fully saturated rings. The molecule has 0 bridgehead atoms. The van der Waals surface area contributed by atoms with Crippen LogP contribution in [0.15, 0.2) is 70.2 Å². The number of nitro groups is 2. The summed E-state index contributed by atoms with van der Waals surface area (Å²) in [6, 6.07) is 16.3. The Balaban J connectivity index is 1.73.